The molecule has 8 nitrogen and oxygen atoms in total. The van der Waals surface area contributed by atoms with Crippen LogP contribution in [0.25, 0.3) is 10.9 Å². The maximum Gasteiger partial charge on any atom is 0.410 e. The Kier molecular flexibility index (Phi) is 6.44. The highest BCUT2D eigenvalue weighted by Gasteiger charge is 2.29. The summed E-state index contributed by atoms with van der Waals surface area (Å²) in [5, 5.41) is 1.10. The number of amides is 1. The van der Waals surface area contributed by atoms with Crippen LogP contribution in [-0.4, -0.2) is 63.3 Å². The first-order valence-corrected chi connectivity index (χ1v) is 12.8. The van der Waals surface area contributed by atoms with Gasteiger partial charge in [-0.1, -0.05) is 17.7 Å². The van der Waals surface area contributed by atoms with Gasteiger partial charge in [0.2, 0.25) is 9.84 Å². The van der Waals surface area contributed by atoms with E-state index in [9.17, 15) is 13.2 Å². The molecule has 0 atom stereocenters. The first-order valence-electron chi connectivity index (χ1n) is 10.9. The van der Waals surface area contributed by atoms with E-state index in [0.29, 0.717) is 53.5 Å². The number of hydrogen-bond acceptors (Lipinski definition) is 6. The summed E-state index contributed by atoms with van der Waals surface area (Å²) in [5.74, 6) is 0.565. The van der Waals surface area contributed by atoms with Gasteiger partial charge in [0.25, 0.3) is 0 Å². The number of fused-ring (bicyclic) bond motifs is 1. The summed E-state index contributed by atoms with van der Waals surface area (Å²) in [5.41, 5.74) is 0.752. The number of nitrogens with zero attached hydrogens (tertiary/aromatic N) is 2. The number of carbonyl (C=O) groups is 1. The van der Waals surface area contributed by atoms with Gasteiger partial charge >= 0.3 is 6.09 Å². The molecule has 0 bridgehead atoms. The molecule has 1 amide bonds. The molecule has 34 heavy (non-hydrogen) atoms. The Morgan fingerprint density at radius 3 is 2.41 bits per heavy atom. The Bertz CT molecular complexity index is 1320. The number of halogens is 1. The Balaban J connectivity index is 1.61. The minimum absolute atomic E-state index is 0.161. The molecule has 0 radical (unpaired) electrons. The highest BCUT2D eigenvalue weighted by Crippen LogP contribution is 2.36. The van der Waals surface area contributed by atoms with Crippen LogP contribution in [0.2, 0.25) is 5.02 Å². The number of benzene rings is 2. The Labute approximate surface area is 204 Å². The van der Waals surface area contributed by atoms with E-state index in [1.54, 1.807) is 48.4 Å². The summed E-state index contributed by atoms with van der Waals surface area (Å²) >= 11 is 6.04. The monoisotopic (exact) mass is 505 g/mol. The van der Waals surface area contributed by atoms with Crippen LogP contribution in [0.15, 0.2) is 52.4 Å². The van der Waals surface area contributed by atoms with Crippen LogP contribution in [0, 0.1) is 0 Å². The van der Waals surface area contributed by atoms with Crippen molar-refractivity contribution in [2.24, 2.45) is 0 Å². The minimum atomic E-state index is -3.81. The van der Waals surface area contributed by atoms with Crippen molar-refractivity contribution in [2.45, 2.75) is 36.2 Å². The summed E-state index contributed by atoms with van der Waals surface area (Å²) in [6.45, 7) is 7.45. The van der Waals surface area contributed by atoms with Gasteiger partial charge in [0.1, 0.15) is 11.4 Å². The number of anilines is 1. The van der Waals surface area contributed by atoms with Gasteiger partial charge in [0.15, 0.2) is 0 Å². The summed E-state index contributed by atoms with van der Waals surface area (Å²) in [6.07, 6.45) is 1.13. The maximum absolute atomic E-state index is 13.5. The number of ether oxygens (including phenoxy) is 2. The number of piperazine rings is 1. The van der Waals surface area contributed by atoms with Crippen LogP contribution in [0.4, 0.5) is 10.5 Å². The fraction of sp³-hybridized carbons (Fsp3) is 0.375. The van der Waals surface area contributed by atoms with Gasteiger partial charge in [-0.3, -0.25) is 0 Å². The molecule has 10 heteroatoms. The first-order chi connectivity index (χ1) is 16.0. The second-order valence-electron chi connectivity index (χ2n) is 9.13. The van der Waals surface area contributed by atoms with E-state index in [2.05, 4.69) is 4.98 Å². The van der Waals surface area contributed by atoms with Gasteiger partial charge in [-0.05, 0) is 51.1 Å². The van der Waals surface area contributed by atoms with E-state index in [-0.39, 0.29) is 15.9 Å². The SMILES string of the molecule is COc1ccc(S(=O)(=O)c2c[nH]c3cc(Cl)ccc23)cc1N1CCN(C(=O)OC(C)(C)C)CC1. The molecule has 3 aromatic rings. The third-order valence-electron chi connectivity index (χ3n) is 5.63. The summed E-state index contributed by atoms with van der Waals surface area (Å²) in [4.78, 5) is 19.4. The highest BCUT2D eigenvalue weighted by atomic mass is 35.5. The Morgan fingerprint density at radius 1 is 1.06 bits per heavy atom. The molecule has 2 heterocycles. The van der Waals surface area contributed by atoms with Crippen LogP contribution in [-0.2, 0) is 14.6 Å². The van der Waals surface area contributed by atoms with Gasteiger partial charge in [-0.15, -0.1) is 0 Å². The van der Waals surface area contributed by atoms with Gasteiger partial charge in [0.05, 0.1) is 22.6 Å². The van der Waals surface area contributed by atoms with Crippen molar-refractivity contribution in [3.05, 3.63) is 47.6 Å². The van der Waals surface area contributed by atoms with Gasteiger partial charge in [-0.25, -0.2) is 13.2 Å². The normalized spacial score (nSPS) is 15.0. The standard InChI is InChI=1S/C24H28ClN3O5S/c1-24(2,3)33-23(29)28-11-9-27(10-12-28)20-14-17(6-8-21(20)32-4)34(30,31)22-15-26-19-13-16(25)5-7-18(19)22/h5-8,13-15,26H,9-12H2,1-4H3. The van der Waals surface area contributed by atoms with Crippen molar-refractivity contribution in [3.63, 3.8) is 0 Å². The molecule has 1 aliphatic rings. The number of hydrogen-bond donors (Lipinski definition) is 1. The zero-order valence-electron chi connectivity index (χ0n) is 19.6. The molecule has 1 N–H and O–H groups in total. The quantitative estimate of drug-likeness (QED) is 0.551. The first kappa shape index (κ1) is 24.2. The Hall–Kier alpha value is -2.91. The van der Waals surface area contributed by atoms with Crippen molar-refractivity contribution >= 4 is 44.1 Å². The molecule has 1 saturated heterocycles. The van der Waals surface area contributed by atoms with Gasteiger partial charge in [0, 0.05) is 48.3 Å². The van der Waals surface area contributed by atoms with E-state index in [1.165, 1.54) is 6.20 Å². The second kappa shape index (κ2) is 9.03. The molecule has 2 aromatic carbocycles. The number of nitrogens with one attached hydrogen (secondary N) is 1. The van der Waals surface area contributed by atoms with Crippen LogP contribution in [0.1, 0.15) is 20.8 Å². The molecular formula is C24H28ClN3O5S. The van der Waals surface area contributed by atoms with Crippen LogP contribution in [0.3, 0.4) is 0 Å². The van der Waals surface area contributed by atoms with E-state index in [4.69, 9.17) is 21.1 Å². The maximum atomic E-state index is 13.5. The molecule has 1 aromatic heterocycles. The zero-order valence-corrected chi connectivity index (χ0v) is 21.2. The highest BCUT2D eigenvalue weighted by molar-refractivity contribution is 7.91. The van der Waals surface area contributed by atoms with Crippen LogP contribution < -0.4 is 9.64 Å². The van der Waals surface area contributed by atoms with Gasteiger partial charge in [-0.2, -0.15) is 0 Å². The number of sulfone groups is 1. The van der Waals surface area contributed by atoms with Crippen LogP contribution >= 0.6 is 11.6 Å². The third kappa shape index (κ3) is 4.81. The van der Waals surface area contributed by atoms with Crippen molar-refractivity contribution in [3.8, 4) is 5.75 Å². The molecule has 182 valence electrons. The molecule has 0 aliphatic carbocycles. The van der Waals surface area contributed by atoms with Crippen molar-refractivity contribution < 1.29 is 22.7 Å². The zero-order chi connectivity index (χ0) is 24.7. The average Bonchev–Trinajstić information content (AvgIpc) is 3.21. The lowest BCUT2D eigenvalue weighted by Gasteiger charge is -2.37. The molecule has 0 saturated carbocycles. The van der Waals surface area contributed by atoms with Crippen molar-refractivity contribution in [1.82, 2.24) is 9.88 Å². The van der Waals surface area contributed by atoms with Crippen molar-refractivity contribution in [2.75, 3.05) is 38.2 Å². The second-order valence-corrected chi connectivity index (χ2v) is 11.5. The number of rotatable bonds is 4. The molecule has 0 unspecified atom stereocenters. The predicted molar refractivity (Wildman–Crippen MR) is 132 cm³/mol. The average molecular weight is 506 g/mol. The molecule has 1 fully saturated rings. The summed E-state index contributed by atoms with van der Waals surface area (Å²) < 4.78 is 38.0. The lowest BCUT2D eigenvalue weighted by molar-refractivity contribution is 0.0240. The van der Waals surface area contributed by atoms with E-state index in [1.807, 2.05) is 25.7 Å². The number of carbonyl (C=O) groups excluding carboxylic acids is 1. The number of methoxy groups -OCH3 is 1. The van der Waals surface area contributed by atoms with Crippen LogP contribution in [0.5, 0.6) is 5.75 Å². The lowest BCUT2D eigenvalue weighted by Crippen LogP contribution is -2.50. The third-order valence-corrected chi connectivity index (χ3v) is 7.65. The molecule has 4 rings (SSSR count). The Morgan fingerprint density at radius 2 is 1.76 bits per heavy atom. The largest absolute Gasteiger partial charge is 0.495 e. The lowest BCUT2D eigenvalue weighted by atomic mass is 10.2. The summed E-state index contributed by atoms with van der Waals surface area (Å²) in [7, 11) is -2.26. The number of aromatic amines is 1. The fourth-order valence-corrected chi connectivity index (χ4v) is 5.58. The predicted octanol–water partition coefficient (Wildman–Crippen LogP) is 4.72. The van der Waals surface area contributed by atoms with E-state index >= 15 is 0 Å². The van der Waals surface area contributed by atoms with Gasteiger partial charge < -0.3 is 24.3 Å². The fourth-order valence-electron chi connectivity index (χ4n) is 3.96. The van der Waals surface area contributed by atoms with E-state index in [0.717, 1.165) is 0 Å². The minimum Gasteiger partial charge on any atom is -0.495 e. The van der Waals surface area contributed by atoms with Crippen molar-refractivity contribution in [1.29, 1.82) is 0 Å². The molecule has 0 spiro atoms. The number of aromatic nitrogens is 1. The molecule has 1 aliphatic heterocycles. The topological polar surface area (TPSA) is 91.9 Å². The smallest absolute Gasteiger partial charge is 0.410 e. The summed E-state index contributed by atoms with van der Waals surface area (Å²) in [6, 6.07) is 9.89. The number of H-pyrrole nitrogens is 1. The van der Waals surface area contributed by atoms with E-state index < -0.39 is 15.4 Å². The molecular weight excluding hydrogens is 478 g/mol.